The second kappa shape index (κ2) is 3.06. The molecular weight excluding hydrogens is 128 g/mol. The molecule has 1 heterocycles. The third-order valence-corrected chi connectivity index (χ3v) is 0.959. The van der Waals surface area contributed by atoms with Gasteiger partial charge < -0.3 is 9.43 Å². The molecule has 1 aromatic rings. The molecule has 0 saturated carbocycles. The highest BCUT2D eigenvalue weighted by molar-refractivity contribution is 5.75. The van der Waals surface area contributed by atoms with Crippen molar-refractivity contribution in [2.75, 3.05) is 14.1 Å². The van der Waals surface area contributed by atoms with Crippen molar-refractivity contribution in [3.05, 3.63) is 24.2 Å². The molecule has 0 N–H and O–H groups in total. The van der Waals surface area contributed by atoms with E-state index in [9.17, 15) is 0 Å². The van der Waals surface area contributed by atoms with E-state index in [1.807, 2.05) is 26.2 Å². The zero-order valence-electron chi connectivity index (χ0n) is 6.11. The standard InChI is InChI=1S/C7H10N2O/c1-9(2)8-6-7-4-3-5-10-7/h3-6H,1-2H3. The van der Waals surface area contributed by atoms with Crippen LogP contribution < -0.4 is 0 Å². The molecule has 54 valence electrons. The summed E-state index contributed by atoms with van der Waals surface area (Å²) in [6, 6.07) is 3.68. The maximum atomic E-state index is 5.01. The molecule has 0 amide bonds. The highest BCUT2D eigenvalue weighted by atomic mass is 16.3. The van der Waals surface area contributed by atoms with E-state index in [0.717, 1.165) is 5.76 Å². The van der Waals surface area contributed by atoms with Gasteiger partial charge in [-0.25, -0.2) is 0 Å². The number of hydrogen-bond acceptors (Lipinski definition) is 3. The Bertz CT molecular complexity index is 201. The SMILES string of the molecule is CN(C)N=Cc1ccco1. The van der Waals surface area contributed by atoms with Crippen molar-refractivity contribution in [3.63, 3.8) is 0 Å². The lowest BCUT2D eigenvalue weighted by Gasteiger charge is -1.99. The highest BCUT2D eigenvalue weighted by Gasteiger charge is 1.86. The third-order valence-electron chi connectivity index (χ3n) is 0.959. The molecule has 1 rings (SSSR count). The summed E-state index contributed by atoms with van der Waals surface area (Å²) in [6.07, 6.45) is 3.29. The van der Waals surface area contributed by atoms with E-state index in [2.05, 4.69) is 5.10 Å². The Morgan fingerprint density at radius 3 is 2.90 bits per heavy atom. The lowest BCUT2D eigenvalue weighted by Crippen LogP contribution is -2.01. The molecule has 1 aromatic heterocycles. The first-order valence-electron chi connectivity index (χ1n) is 3.04. The van der Waals surface area contributed by atoms with Gasteiger partial charge in [0, 0.05) is 14.1 Å². The normalized spacial score (nSPS) is 10.6. The smallest absolute Gasteiger partial charge is 0.146 e. The van der Waals surface area contributed by atoms with Gasteiger partial charge in [0.05, 0.1) is 12.5 Å². The molecule has 3 heteroatoms. The van der Waals surface area contributed by atoms with Crippen LogP contribution >= 0.6 is 0 Å². The zero-order chi connectivity index (χ0) is 7.40. The second-order valence-electron chi connectivity index (χ2n) is 2.11. The average molecular weight is 138 g/mol. The Kier molecular flexibility index (Phi) is 2.10. The molecular formula is C7H10N2O. The Balaban J connectivity index is 2.55. The Morgan fingerprint density at radius 1 is 1.60 bits per heavy atom. The topological polar surface area (TPSA) is 28.7 Å². The van der Waals surface area contributed by atoms with Crippen LogP contribution in [0.3, 0.4) is 0 Å². The number of nitrogens with zero attached hydrogens (tertiary/aromatic N) is 2. The van der Waals surface area contributed by atoms with Crippen molar-refractivity contribution in [3.8, 4) is 0 Å². The van der Waals surface area contributed by atoms with Gasteiger partial charge >= 0.3 is 0 Å². The van der Waals surface area contributed by atoms with Gasteiger partial charge in [0.1, 0.15) is 5.76 Å². The number of hydrazone groups is 1. The summed E-state index contributed by atoms with van der Waals surface area (Å²) in [4.78, 5) is 0. The van der Waals surface area contributed by atoms with Gasteiger partial charge in [-0.15, -0.1) is 0 Å². The summed E-state index contributed by atoms with van der Waals surface area (Å²) in [7, 11) is 3.72. The van der Waals surface area contributed by atoms with Crippen molar-refractivity contribution in [1.29, 1.82) is 0 Å². The number of furan rings is 1. The van der Waals surface area contributed by atoms with Gasteiger partial charge in [0.2, 0.25) is 0 Å². The molecule has 0 spiro atoms. The fourth-order valence-electron chi connectivity index (χ4n) is 0.537. The van der Waals surface area contributed by atoms with Crippen LogP contribution in [0.1, 0.15) is 5.76 Å². The van der Waals surface area contributed by atoms with Crippen LogP contribution in [0.5, 0.6) is 0 Å². The first kappa shape index (κ1) is 6.86. The maximum Gasteiger partial charge on any atom is 0.146 e. The van der Waals surface area contributed by atoms with Crippen molar-refractivity contribution in [1.82, 2.24) is 5.01 Å². The fraction of sp³-hybridized carbons (Fsp3) is 0.286. The molecule has 0 aliphatic carbocycles. The predicted molar refractivity (Wildman–Crippen MR) is 40.0 cm³/mol. The lowest BCUT2D eigenvalue weighted by molar-refractivity contribution is 0.438. The molecule has 0 fully saturated rings. The first-order chi connectivity index (χ1) is 4.79. The van der Waals surface area contributed by atoms with E-state index < -0.39 is 0 Å². The van der Waals surface area contributed by atoms with Crippen molar-refractivity contribution < 1.29 is 4.42 Å². The maximum absolute atomic E-state index is 5.01. The third kappa shape index (κ3) is 1.93. The Labute approximate surface area is 59.9 Å². The van der Waals surface area contributed by atoms with E-state index in [1.54, 1.807) is 17.5 Å². The van der Waals surface area contributed by atoms with E-state index in [-0.39, 0.29) is 0 Å². The van der Waals surface area contributed by atoms with Gasteiger partial charge in [-0.05, 0) is 12.1 Å². The lowest BCUT2D eigenvalue weighted by atomic mass is 10.5. The van der Waals surface area contributed by atoms with E-state index in [1.165, 1.54) is 0 Å². The summed E-state index contributed by atoms with van der Waals surface area (Å²) in [5.41, 5.74) is 0. The predicted octanol–water partition coefficient (Wildman–Crippen LogP) is 1.18. The van der Waals surface area contributed by atoms with Crippen LogP contribution in [0.25, 0.3) is 0 Å². The second-order valence-corrected chi connectivity index (χ2v) is 2.11. The van der Waals surface area contributed by atoms with Crippen molar-refractivity contribution >= 4 is 6.21 Å². The van der Waals surface area contributed by atoms with Gasteiger partial charge in [-0.1, -0.05) is 0 Å². The van der Waals surface area contributed by atoms with Crippen LogP contribution in [-0.4, -0.2) is 25.3 Å². The zero-order valence-corrected chi connectivity index (χ0v) is 6.11. The minimum absolute atomic E-state index is 0.772. The van der Waals surface area contributed by atoms with Crippen LogP contribution in [0.2, 0.25) is 0 Å². The monoisotopic (exact) mass is 138 g/mol. The highest BCUT2D eigenvalue weighted by Crippen LogP contribution is 1.94. The van der Waals surface area contributed by atoms with E-state index in [0.29, 0.717) is 0 Å². The number of rotatable bonds is 2. The molecule has 10 heavy (non-hydrogen) atoms. The summed E-state index contributed by atoms with van der Waals surface area (Å²) >= 11 is 0. The minimum Gasteiger partial charge on any atom is -0.463 e. The van der Waals surface area contributed by atoms with Gasteiger partial charge in [-0.2, -0.15) is 5.10 Å². The molecule has 0 unspecified atom stereocenters. The first-order valence-corrected chi connectivity index (χ1v) is 3.04. The molecule has 0 aliphatic rings. The molecule has 0 atom stereocenters. The van der Waals surface area contributed by atoms with Crippen LogP contribution in [-0.2, 0) is 0 Å². The van der Waals surface area contributed by atoms with E-state index in [4.69, 9.17) is 4.42 Å². The largest absolute Gasteiger partial charge is 0.463 e. The van der Waals surface area contributed by atoms with Crippen LogP contribution in [0, 0.1) is 0 Å². The van der Waals surface area contributed by atoms with Crippen LogP contribution in [0.15, 0.2) is 27.9 Å². The quantitative estimate of drug-likeness (QED) is 0.453. The Hall–Kier alpha value is -1.25. The van der Waals surface area contributed by atoms with Gasteiger partial charge in [0.25, 0.3) is 0 Å². The average Bonchev–Trinajstić information content (AvgIpc) is 2.34. The van der Waals surface area contributed by atoms with Gasteiger partial charge in [0.15, 0.2) is 0 Å². The molecule has 3 nitrogen and oxygen atoms in total. The minimum atomic E-state index is 0.772. The molecule has 0 saturated heterocycles. The van der Waals surface area contributed by atoms with Crippen molar-refractivity contribution in [2.24, 2.45) is 5.10 Å². The van der Waals surface area contributed by atoms with Crippen molar-refractivity contribution in [2.45, 2.75) is 0 Å². The van der Waals surface area contributed by atoms with E-state index >= 15 is 0 Å². The fourth-order valence-corrected chi connectivity index (χ4v) is 0.537. The summed E-state index contributed by atoms with van der Waals surface area (Å²) in [5, 5.41) is 5.69. The summed E-state index contributed by atoms with van der Waals surface area (Å²) in [6.45, 7) is 0. The Morgan fingerprint density at radius 2 is 2.40 bits per heavy atom. The summed E-state index contributed by atoms with van der Waals surface area (Å²) < 4.78 is 5.01. The van der Waals surface area contributed by atoms with Crippen LogP contribution in [0.4, 0.5) is 0 Å². The molecule has 0 aliphatic heterocycles. The molecule has 0 radical (unpaired) electrons. The number of hydrogen-bond donors (Lipinski definition) is 0. The van der Waals surface area contributed by atoms with Gasteiger partial charge in [-0.3, -0.25) is 0 Å². The molecule has 0 aromatic carbocycles. The summed E-state index contributed by atoms with van der Waals surface area (Å²) in [5.74, 6) is 0.772. The molecule has 0 bridgehead atoms.